The number of methoxy groups -OCH3 is 1. The Morgan fingerprint density at radius 3 is 2.82 bits per heavy atom. The lowest BCUT2D eigenvalue weighted by molar-refractivity contribution is 0.410. The molecule has 2 nitrogen and oxygen atoms in total. The second-order valence-electron chi connectivity index (χ2n) is 5.56. The first-order valence-electron chi connectivity index (χ1n) is 6.68. The highest BCUT2D eigenvalue weighted by molar-refractivity contribution is 5.38. The van der Waals surface area contributed by atoms with Crippen LogP contribution in [0, 0.1) is 5.92 Å². The molecule has 17 heavy (non-hydrogen) atoms. The molecule has 0 bridgehead atoms. The Morgan fingerprint density at radius 2 is 2.12 bits per heavy atom. The largest absolute Gasteiger partial charge is 0.497 e. The van der Waals surface area contributed by atoms with E-state index < -0.39 is 0 Å². The molecule has 92 valence electrons. The van der Waals surface area contributed by atoms with Gasteiger partial charge in [0.15, 0.2) is 0 Å². The topological polar surface area (TPSA) is 21.3 Å². The van der Waals surface area contributed by atoms with Crippen LogP contribution in [0.2, 0.25) is 0 Å². The lowest BCUT2D eigenvalue weighted by Gasteiger charge is -2.26. The molecule has 0 heterocycles. The predicted molar refractivity (Wildman–Crippen MR) is 69.5 cm³/mol. The summed E-state index contributed by atoms with van der Waals surface area (Å²) in [6, 6.07) is 7.97. The van der Waals surface area contributed by atoms with Crippen molar-refractivity contribution in [1.82, 2.24) is 5.32 Å². The molecule has 0 radical (unpaired) electrons. The number of rotatable bonds is 3. The Bertz CT molecular complexity index is 415. The number of ether oxygens (including phenoxy) is 1. The fraction of sp³-hybridized carbons (Fsp3) is 0.600. The summed E-state index contributed by atoms with van der Waals surface area (Å²) in [7, 11) is 1.74. The minimum absolute atomic E-state index is 0.671. The van der Waals surface area contributed by atoms with Gasteiger partial charge in [-0.05, 0) is 54.9 Å². The summed E-state index contributed by atoms with van der Waals surface area (Å²) in [5, 5.41) is 3.78. The third-order valence-electron chi connectivity index (χ3n) is 4.20. The highest BCUT2D eigenvalue weighted by Gasteiger charge is 2.34. The minimum Gasteiger partial charge on any atom is -0.497 e. The van der Waals surface area contributed by atoms with Crippen LogP contribution in [0.5, 0.6) is 5.75 Å². The first-order chi connectivity index (χ1) is 8.26. The van der Waals surface area contributed by atoms with Gasteiger partial charge in [0.25, 0.3) is 0 Å². The summed E-state index contributed by atoms with van der Waals surface area (Å²) in [6.45, 7) is 2.33. The van der Waals surface area contributed by atoms with Crippen molar-refractivity contribution < 1.29 is 4.74 Å². The monoisotopic (exact) mass is 231 g/mol. The third-order valence-corrected chi connectivity index (χ3v) is 4.20. The highest BCUT2D eigenvalue weighted by atomic mass is 16.5. The number of benzene rings is 1. The molecule has 1 fully saturated rings. The van der Waals surface area contributed by atoms with E-state index in [-0.39, 0.29) is 0 Å². The summed E-state index contributed by atoms with van der Waals surface area (Å²) in [6.07, 6.45) is 5.01. The molecule has 2 heteroatoms. The maximum Gasteiger partial charge on any atom is 0.119 e. The van der Waals surface area contributed by atoms with Gasteiger partial charge in [-0.1, -0.05) is 13.0 Å². The van der Waals surface area contributed by atoms with E-state index in [1.807, 2.05) is 0 Å². The van der Waals surface area contributed by atoms with Gasteiger partial charge in [-0.15, -0.1) is 0 Å². The molecule has 0 aromatic heterocycles. The second kappa shape index (κ2) is 4.34. The van der Waals surface area contributed by atoms with Gasteiger partial charge in [0.1, 0.15) is 5.75 Å². The van der Waals surface area contributed by atoms with Crippen molar-refractivity contribution in [2.45, 2.75) is 44.7 Å². The van der Waals surface area contributed by atoms with Crippen LogP contribution in [0.25, 0.3) is 0 Å². The molecule has 0 aliphatic heterocycles. The van der Waals surface area contributed by atoms with Gasteiger partial charge in [-0.2, -0.15) is 0 Å². The lowest BCUT2D eigenvalue weighted by Crippen LogP contribution is -2.36. The number of hydrogen-bond acceptors (Lipinski definition) is 2. The van der Waals surface area contributed by atoms with Gasteiger partial charge in [-0.3, -0.25) is 0 Å². The van der Waals surface area contributed by atoms with Crippen LogP contribution in [0.3, 0.4) is 0 Å². The standard InChI is InChI=1S/C15H21NO/c1-10-7-15(10)16-13-5-3-11-4-6-14(17-2)9-12(11)8-13/h4,6,9-10,13,15-16H,3,5,7-8H2,1-2H3. The molecule has 1 aromatic rings. The van der Waals surface area contributed by atoms with Crippen LogP contribution in [-0.4, -0.2) is 19.2 Å². The zero-order chi connectivity index (χ0) is 11.8. The van der Waals surface area contributed by atoms with E-state index in [1.54, 1.807) is 7.11 Å². The van der Waals surface area contributed by atoms with E-state index in [4.69, 9.17) is 4.74 Å². The molecule has 1 N–H and O–H groups in total. The van der Waals surface area contributed by atoms with E-state index in [0.29, 0.717) is 6.04 Å². The Hall–Kier alpha value is -1.02. The third kappa shape index (κ3) is 2.32. The molecule has 1 aromatic carbocycles. The summed E-state index contributed by atoms with van der Waals surface area (Å²) < 4.78 is 5.31. The number of hydrogen-bond donors (Lipinski definition) is 1. The molecular formula is C15H21NO. The van der Waals surface area contributed by atoms with E-state index in [9.17, 15) is 0 Å². The van der Waals surface area contributed by atoms with Crippen molar-refractivity contribution >= 4 is 0 Å². The lowest BCUT2D eigenvalue weighted by atomic mass is 9.88. The van der Waals surface area contributed by atoms with Gasteiger partial charge in [0, 0.05) is 12.1 Å². The van der Waals surface area contributed by atoms with Gasteiger partial charge >= 0.3 is 0 Å². The van der Waals surface area contributed by atoms with E-state index in [1.165, 1.54) is 30.4 Å². The van der Waals surface area contributed by atoms with Crippen molar-refractivity contribution in [2.75, 3.05) is 7.11 Å². The van der Waals surface area contributed by atoms with Crippen LogP contribution in [-0.2, 0) is 12.8 Å². The predicted octanol–water partition coefficient (Wildman–Crippen LogP) is 2.55. The molecule has 2 aliphatic rings. The average Bonchev–Trinajstić information content (AvgIpc) is 3.04. The van der Waals surface area contributed by atoms with Crippen LogP contribution < -0.4 is 10.1 Å². The molecule has 1 saturated carbocycles. The molecule has 0 amide bonds. The number of aryl methyl sites for hydroxylation is 1. The summed E-state index contributed by atoms with van der Waals surface area (Å²) in [5.41, 5.74) is 2.98. The van der Waals surface area contributed by atoms with Crippen LogP contribution in [0.15, 0.2) is 18.2 Å². The second-order valence-corrected chi connectivity index (χ2v) is 5.56. The van der Waals surface area contributed by atoms with E-state index in [2.05, 4.69) is 30.4 Å². The van der Waals surface area contributed by atoms with Gasteiger partial charge in [-0.25, -0.2) is 0 Å². The van der Waals surface area contributed by atoms with Crippen molar-refractivity contribution in [2.24, 2.45) is 5.92 Å². The zero-order valence-corrected chi connectivity index (χ0v) is 10.7. The summed E-state index contributed by atoms with van der Waals surface area (Å²) in [5.74, 6) is 1.88. The SMILES string of the molecule is COc1ccc2c(c1)CC(NC1CC1C)CC2. The Labute approximate surface area is 103 Å². The molecule has 3 rings (SSSR count). The first kappa shape index (κ1) is 11.1. The molecule has 3 unspecified atom stereocenters. The van der Waals surface area contributed by atoms with E-state index in [0.717, 1.165) is 24.1 Å². The average molecular weight is 231 g/mol. The zero-order valence-electron chi connectivity index (χ0n) is 10.7. The number of fused-ring (bicyclic) bond motifs is 1. The molecule has 0 saturated heterocycles. The van der Waals surface area contributed by atoms with Crippen LogP contribution in [0.4, 0.5) is 0 Å². The maximum absolute atomic E-state index is 5.31. The van der Waals surface area contributed by atoms with Crippen molar-refractivity contribution in [1.29, 1.82) is 0 Å². The molecular weight excluding hydrogens is 210 g/mol. The summed E-state index contributed by atoms with van der Waals surface area (Å²) >= 11 is 0. The normalized spacial score (nSPS) is 30.8. The smallest absolute Gasteiger partial charge is 0.119 e. The maximum atomic E-state index is 5.31. The van der Waals surface area contributed by atoms with Gasteiger partial charge in [0.2, 0.25) is 0 Å². The molecule has 0 spiro atoms. The van der Waals surface area contributed by atoms with Crippen molar-refractivity contribution in [3.05, 3.63) is 29.3 Å². The number of nitrogens with one attached hydrogen (secondary N) is 1. The first-order valence-corrected chi connectivity index (χ1v) is 6.68. The summed E-state index contributed by atoms with van der Waals surface area (Å²) in [4.78, 5) is 0. The minimum atomic E-state index is 0.671. The molecule has 3 atom stereocenters. The Kier molecular flexibility index (Phi) is 2.83. The fourth-order valence-electron chi connectivity index (χ4n) is 2.86. The molecule has 2 aliphatic carbocycles. The van der Waals surface area contributed by atoms with Gasteiger partial charge in [0.05, 0.1) is 7.11 Å². The highest BCUT2D eigenvalue weighted by Crippen LogP contribution is 2.32. The van der Waals surface area contributed by atoms with Gasteiger partial charge < -0.3 is 10.1 Å². The van der Waals surface area contributed by atoms with Crippen LogP contribution in [0.1, 0.15) is 30.9 Å². The Morgan fingerprint density at radius 1 is 1.29 bits per heavy atom. The quantitative estimate of drug-likeness (QED) is 0.863. The fourth-order valence-corrected chi connectivity index (χ4v) is 2.86. The Balaban J connectivity index is 1.70. The van der Waals surface area contributed by atoms with Crippen molar-refractivity contribution in [3.63, 3.8) is 0 Å². The van der Waals surface area contributed by atoms with E-state index >= 15 is 0 Å². The van der Waals surface area contributed by atoms with Crippen LogP contribution >= 0.6 is 0 Å². The van der Waals surface area contributed by atoms with Crippen molar-refractivity contribution in [3.8, 4) is 5.75 Å².